The van der Waals surface area contributed by atoms with Crippen LogP contribution >= 0.6 is 0 Å². The standard InChI is InChI=1S/C9H15NO4/c1-7(8(11)12)5-3-2-4-6-14-9(10)13/h1-6H2,(H2,10,13)(H,11,12). The number of hydrogen-bond donors (Lipinski definition) is 2. The van der Waals surface area contributed by atoms with Gasteiger partial charge in [0.05, 0.1) is 6.61 Å². The largest absolute Gasteiger partial charge is 0.478 e. The van der Waals surface area contributed by atoms with Gasteiger partial charge in [-0.3, -0.25) is 0 Å². The molecule has 3 N–H and O–H groups in total. The molecule has 14 heavy (non-hydrogen) atoms. The number of aliphatic carboxylic acids is 1. The number of carbonyl (C=O) groups excluding carboxylic acids is 1. The van der Waals surface area contributed by atoms with Crippen LogP contribution in [0.5, 0.6) is 0 Å². The number of carboxylic acid groups (broad SMARTS) is 1. The van der Waals surface area contributed by atoms with Gasteiger partial charge in [-0.05, 0) is 25.7 Å². The maximum atomic E-state index is 10.3. The summed E-state index contributed by atoms with van der Waals surface area (Å²) in [7, 11) is 0. The van der Waals surface area contributed by atoms with Gasteiger partial charge in [0.2, 0.25) is 0 Å². The van der Waals surface area contributed by atoms with Gasteiger partial charge < -0.3 is 15.6 Å². The van der Waals surface area contributed by atoms with Gasteiger partial charge >= 0.3 is 12.1 Å². The van der Waals surface area contributed by atoms with E-state index in [9.17, 15) is 9.59 Å². The quantitative estimate of drug-likeness (QED) is 0.479. The number of ether oxygens (including phenoxy) is 1. The molecule has 0 fully saturated rings. The van der Waals surface area contributed by atoms with Crippen molar-refractivity contribution in [2.75, 3.05) is 6.61 Å². The molecule has 0 spiro atoms. The third-order valence-electron chi connectivity index (χ3n) is 1.67. The van der Waals surface area contributed by atoms with Gasteiger partial charge in [-0.25, -0.2) is 9.59 Å². The molecule has 0 aromatic carbocycles. The summed E-state index contributed by atoms with van der Waals surface area (Å²) < 4.78 is 4.50. The maximum absolute atomic E-state index is 10.3. The Labute approximate surface area is 82.5 Å². The molecule has 0 atom stereocenters. The fraction of sp³-hybridized carbons (Fsp3) is 0.556. The first kappa shape index (κ1) is 12.5. The van der Waals surface area contributed by atoms with Crippen LogP contribution in [-0.2, 0) is 9.53 Å². The summed E-state index contributed by atoms with van der Waals surface area (Å²) >= 11 is 0. The molecular formula is C9H15NO4. The fourth-order valence-corrected chi connectivity index (χ4v) is 0.897. The van der Waals surface area contributed by atoms with Crippen LogP contribution in [0.4, 0.5) is 4.79 Å². The first-order valence-electron chi connectivity index (χ1n) is 4.37. The average Bonchev–Trinajstić information content (AvgIpc) is 2.09. The van der Waals surface area contributed by atoms with Crippen LogP contribution in [0.15, 0.2) is 12.2 Å². The minimum absolute atomic E-state index is 0.209. The van der Waals surface area contributed by atoms with E-state index >= 15 is 0 Å². The van der Waals surface area contributed by atoms with E-state index in [1.807, 2.05) is 0 Å². The molecule has 0 saturated carbocycles. The Balaban J connectivity index is 3.26. The number of unbranched alkanes of at least 4 members (excludes halogenated alkanes) is 2. The minimum atomic E-state index is -0.960. The second-order valence-electron chi connectivity index (χ2n) is 2.89. The molecule has 0 aliphatic rings. The lowest BCUT2D eigenvalue weighted by atomic mass is 10.1. The summed E-state index contributed by atoms with van der Waals surface area (Å²) in [5.41, 5.74) is 4.95. The highest BCUT2D eigenvalue weighted by molar-refractivity contribution is 5.85. The molecule has 0 unspecified atom stereocenters. The Morgan fingerprint density at radius 3 is 2.43 bits per heavy atom. The van der Waals surface area contributed by atoms with E-state index in [1.54, 1.807) is 0 Å². The molecule has 0 bridgehead atoms. The lowest BCUT2D eigenvalue weighted by molar-refractivity contribution is -0.132. The van der Waals surface area contributed by atoms with Crippen molar-refractivity contribution in [3.05, 3.63) is 12.2 Å². The van der Waals surface area contributed by atoms with Crippen molar-refractivity contribution >= 4 is 12.1 Å². The van der Waals surface area contributed by atoms with E-state index in [4.69, 9.17) is 10.8 Å². The predicted octanol–water partition coefficient (Wildman–Crippen LogP) is 1.28. The van der Waals surface area contributed by atoms with Crippen molar-refractivity contribution < 1.29 is 19.4 Å². The van der Waals surface area contributed by atoms with E-state index in [0.717, 1.165) is 12.8 Å². The first-order valence-corrected chi connectivity index (χ1v) is 4.37. The second-order valence-corrected chi connectivity index (χ2v) is 2.89. The summed E-state index contributed by atoms with van der Waals surface area (Å²) in [5, 5.41) is 8.47. The highest BCUT2D eigenvalue weighted by atomic mass is 16.5. The Morgan fingerprint density at radius 1 is 1.29 bits per heavy atom. The van der Waals surface area contributed by atoms with E-state index < -0.39 is 12.1 Å². The van der Waals surface area contributed by atoms with Gasteiger partial charge in [0.25, 0.3) is 0 Å². The van der Waals surface area contributed by atoms with Crippen LogP contribution in [0.3, 0.4) is 0 Å². The van der Waals surface area contributed by atoms with Crippen LogP contribution in [0.1, 0.15) is 25.7 Å². The first-order chi connectivity index (χ1) is 6.54. The topological polar surface area (TPSA) is 89.6 Å². The van der Waals surface area contributed by atoms with Crippen molar-refractivity contribution in [3.63, 3.8) is 0 Å². The lowest BCUT2D eigenvalue weighted by Crippen LogP contribution is -2.13. The molecule has 0 aliphatic heterocycles. The zero-order valence-electron chi connectivity index (χ0n) is 7.99. The molecule has 0 heterocycles. The number of rotatable bonds is 7. The highest BCUT2D eigenvalue weighted by Crippen LogP contribution is 2.07. The molecule has 1 amide bonds. The molecular weight excluding hydrogens is 186 g/mol. The number of nitrogens with two attached hydrogens (primary N) is 1. The van der Waals surface area contributed by atoms with Crippen LogP contribution in [0, 0.1) is 0 Å². The van der Waals surface area contributed by atoms with Gasteiger partial charge in [0.1, 0.15) is 0 Å². The third-order valence-corrected chi connectivity index (χ3v) is 1.67. The summed E-state index contributed by atoms with van der Waals surface area (Å²) in [6, 6.07) is 0. The number of amides is 1. The van der Waals surface area contributed by atoms with E-state index in [2.05, 4.69) is 11.3 Å². The monoisotopic (exact) mass is 201 g/mol. The molecule has 0 rings (SSSR count). The Bertz CT molecular complexity index is 225. The molecule has 0 radical (unpaired) electrons. The SMILES string of the molecule is C=C(CCCCCOC(N)=O)C(=O)O. The molecule has 0 aromatic heterocycles. The summed E-state index contributed by atoms with van der Waals surface area (Å²) in [6.45, 7) is 3.68. The van der Waals surface area contributed by atoms with Crippen molar-refractivity contribution in [1.82, 2.24) is 0 Å². The molecule has 80 valence electrons. The second kappa shape index (κ2) is 6.94. The minimum Gasteiger partial charge on any atom is -0.478 e. The zero-order valence-corrected chi connectivity index (χ0v) is 7.99. The van der Waals surface area contributed by atoms with Crippen LogP contribution in [-0.4, -0.2) is 23.8 Å². The normalized spacial score (nSPS) is 9.43. The van der Waals surface area contributed by atoms with Crippen molar-refractivity contribution in [2.24, 2.45) is 5.73 Å². The van der Waals surface area contributed by atoms with Crippen LogP contribution in [0.2, 0.25) is 0 Å². The molecule has 5 heteroatoms. The zero-order chi connectivity index (χ0) is 11.0. The summed E-state index contributed by atoms with van der Waals surface area (Å²) in [4.78, 5) is 20.5. The lowest BCUT2D eigenvalue weighted by Gasteiger charge is -2.01. The molecule has 5 nitrogen and oxygen atoms in total. The van der Waals surface area contributed by atoms with Crippen molar-refractivity contribution in [2.45, 2.75) is 25.7 Å². The van der Waals surface area contributed by atoms with Crippen LogP contribution < -0.4 is 5.73 Å². The molecule has 0 aliphatic carbocycles. The van der Waals surface area contributed by atoms with E-state index in [0.29, 0.717) is 12.8 Å². The third kappa shape index (κ3) is 7.15. The smallest absolute Gasteiger partial charge is 0.404 e. The Morgan fingerprint density at radius 2 is 1.93 bits per heavy atom. The predicted molar refractivity (Wildman–Crippen MR) is 50.8 cm³/mol. The van der Waals surface area contributed by atoms with Gasteiger partial charge in [-0.2, -0.15) is 0 Å². The fourth-order valence-electron chi connectivity index (χ4n) is 0.897. The number of primary amides is 1. The van der Waals surface area contributed by atoms with Crippen molar-refractivity contribution in [1.29, 1.82) is 0 Å². The van der Waals surface area contributed by atoms with E-state index in [-0.39, 0.29) is 12.2 Å². The summed E-state index contributed by atoms with van der Waals surface area (Å²) in [6.07, 6.45) is 1.90. The molecule has 0 saturated heterocycles. The van der Waals surface area contributed by atoms with Gasteiger partial charge in [0, 0.05) is 5.57 Å². The van der Waals surface area contributed by atoms with E-state index in [1.165, 1.54) is 0 Å². The van der Waals surface area contributed by atoms with Crippen LogP contribution in [0.25, 0.3) is 0 Å². The van der Waals surface area contributed by atoms with Gasteiger partial charge in [0.15, 0.2) is 0 Å². The number of hydrogen-bond acceptors (Lipinski definition) is 3. The van der Waals surface area contributed by atoms with Gasteiger partial charge in [-0.15, -0.1) is 0 Å². The summed E-state index contributed by atoms with van der Waals surface area (Å²) in [5.74, 6) is -0.960. The Kier molecular flexibility index (Phi) is 6.19. The number of carbonyl (C=O) groups is 2. The average molecular weight is 201 g/mol. The highest BCUT2D eigenvalue weighted by Gasteiger charge is 2.02. The number of carboxylic acids is 1. The maximum Gasteiger partial charge on any atom is 0.404 e. The Hall–Kier alpha value is -1.52. The molecule has 0 aromatic rings. The van der Waals surface area contributed by atoms with Crippen molar-refractivity contribution in [3.8, 4) is 0 Å². The van der Waals surface area contributed by atoms with Gasteiger partial charge in [-0.1, -0.05) is 6.58 Å².